The fourth-order valence-electron chi connectivity index (χ4n) is 4.04. The van der Waals surface area contributed by atoms with Crippen molar-refractivity contribution in [3.05, 3.63) is 70.2 Å². The average molecular weight is 573 g/mol. The van der Waals surface area contributed by atoms with E-state index in [1.807, 2.05) is 0 Å². The normalized spacial score (nSPS) is 24.4. The molecule has 0 bridgehead atoms. The SMILES string of the molecule is CC(=O)N[C@H]1[C@H]([C@H](O)[C@H](O)CNC(=O)c2ccc(Cl)cc2)O[C@@](OCc2cccc(F)c2F)(C(=O)O)C[C@@H]1O. The Hall–Kier alpha value is -3.20. The minimum absolute atomic E-state index is 0.199. The second kappa shape index (κ2) is 12.8. The van der Waals surface area contributed by atoms with Crippen LogP contribution < -0.4 is 10.6 Å². The second-order valence-corrected chi connectivity index (χ2v) is 9.35. The Morgan fingerprint density at radius 3 is 2.46 bits per heavy atom. The molecule has 2 aromatic carbocycles. The highest BCUT2D eigenvalue weighted by molar-refractivity contribution is 6.30. The van der Waals surface area contributed by atoms with Gasteiger partial charge in [0.05, 0.1) is 24.9 Å². The molecule has 0 radical (unpaired) electrons. The topological polar surface area (TPSA) is 175 Å². The summed E-state index contributed by atoms with van der Waals surface area (Å²) in [6.07, 6.45) is -8.01. The van der Waals surface area contributed by atoms with Gasteiger partial charge >= 0.3 is 5.97 Å². The van der Waals surface area contributed by atoms with E-state index >= 15 is 0 Å². The lowest BCUT2D eigenvalue weighted by atomic mass is 9.88. The summed E-state index contributed by atoms with van der Waals surface area (Å²) in [4.78, 5) is 36.3. The number of aliphatic hydroxyl groups is 3. The molecule has 6 atom stereocenters. The van der Waals surface area contributed by atoms with Crippen LogP contribution in [-0.2, 0) is 25.7 Å². The van der Waals surface area contributed by atoms with Crippen LogP contribution >= 0.6 is 11.6 Å². The van der Waals surface area contributed by atoms with Gasteiger partial charge in [0.1, 0.15) is 12.2 Å². The highest BCUT2D eigenvalue weighted by Crippen LogP contribution is 2.34. The van der Waals surface area contributed by atoms with Gasteiger partial charge in [-0.1, -0.05) is 23.7 Å². The summed E-state index contributed by atoms with van der Waals surface area (Å²) in [7, 11) is 0. The molecule has 6 N–H and O–H groups in total. The van der Waals surface area contributed by atoms with Crippen LogP contribution in [0.15, 0.2) is 42.5 Å². The molecule has 0 saturated carbocycles. The number of nitrogens with one attached hydrogen (secondary N) is 2. The molecule has 1 fully saturated rings. The Morgan fingerprint density at radius 2 is 1.85 bits per heavy atom. The number of carbonyl (C=O) groups excluding carboxylic acids is 2. The van der Waals surface area contributed by atoms with Crippen molar-refractivity contribution in [1.29, 1.82) is 0 Å². The van der Waals surface area contributed by atoms with Crippen LogP contribution in [0.4, 0.5) is 8.78 Å². The number of halogens is 3. The third-order valence-electron chi connectivity index (χ3n) is 6.07. The first-order chi connectivity index (χ1) is 18.3. The molecular formula is C25H27ClF2N2O9. The third-order valence-corrected chi connectivity index (χ3v) is 6.32. The zero-order chi connectivity index (χ0) is 28.9. The van der Waals surface area contributed by atoms with E-state index in [2.05, 4.69) is 10.6 Å². The van der Waals surface area contributed by atoms with Gasteiger partial charge in [-0.15, -0.1) is 0 Å². The van der Waals surface area contributed by atoms with Crippen LogP contribution in [0.2, 0.25) is 5.02 Å². The zero-order valence-corrected chi connectivity index (χ0v) is 21.3. The van der Waals surface area contributed by atoms with E-state index in [4.69, 9.17) is 21.1 Å². The van der Waals surface area contributed by atoms with E-state index in [1.165, 1.54) is 30.3 Å². The van der Waals surface area contributed by atoms with Gasteiger partial charge in [0, 0.05) is 36.0 Å². The Kier molecular flexibility index (Phi) is 9.93. The number of ether oxygens (including phenoxy) is 2. The molecule has 0 unspecified atom stereocenters. The molecule has 0 aliphatic carbocycles. The summed E-state index contributed by atoms with van der Waals surface area (Å²) in [5, 5.41) is 47.2. The van der Waals surface area contributed by atoms with E-state index in [9.17, 15) is 43.6 Å². The molecule has 212 valence electrons. The number of amides is 2. The second-order valence-electron chi connectivity index (χ2n) is 8.91. The standard InChI is InChI=1S/C25H27ClF2N2O9/c1-12(31)30-20-17(32)9-25(24(36)37,38-11-14-3-2-4-16(27)19(14)28)39-22(20)21(34)18(33)10-29-23(35)13-5-7-15(26)8-6-13/h2-8,17-18,20-22,32-34H,9-11H2,1H3,(H,29,35)(H,30,31)(H,36,37)/t17-,18+,20+,21+,22+,25+/m0/s1. The first-order valence-corrected chi connectivity index (χ1v) is 12.1. The molecule has 0 spiro atoms. The minimum atomic E-state index is -2.69. The fraction of sp³-hybridized carbons (Fsp3) is 0.400. The molecule has 2 aromatic rings. The molecule has 39 heavy (non-hydrogen) atoms. The molecule has 0 aromatic heterocycles. The number of carboxylic acids is 1. The number of rotatable bonds is 10. The van der Waals surface area contributed by atoms with Crippen LogP contribution in [0.5, 0.6) is 0 Å². The molecule has 11 nitrogen and oxygen atoms in total. The number of benzene rings is 2. The predicted molar refractivity (Wildman–Crippen MR) is 130 cm³/mol. The third kappa shape index (κ3) is 7.26. The van der Waals surface area contributed by atoms with Crippen LogP contribution in [0.25, 0.3) is 0 Å². The van der Waals surface area contributed by atoms with E-state index in [0.717, 1.165) is 19.1 Å². The number of hydrogen-bond donors (Lipinski definition) is 6. The maximum absolute atomic E-state index is 14.1. The highest BCUT2D eigenvalue weighted by atomic mass is 35.5. The van der Waals surface area contributed by atoms with Crippen LogP contribution in [0.3, 0.4) is 0 Å². The van der Waals surface area contributed by atoms with E-state index in [-0.39, 0.29) is 11.1 Å². The quantitative estimate of drug-likeness (QED) is 0.240. The van der Waals surface area contributed by atoms with Gasteiger partial charge in [-0.3, -0.25) is 9.59 Å². The lowest BCUT2D eigenvalue weighted by molar-refractivity contribution is -0.314. The van der Waals surface area contributed by atoms with Crippen molar-refractivity contribution in [3.63, 3.8) is 0 Å². The lowest BCUT2D eigenvalue weighted by Crippen LogP contribution is -2.68. The average Bonchev–Trinajstić information content (AvgIpc) is 2.88. The van der Waals surface area contributed by atoms with Crippen molar-refractivity contribution < 1.29 is 53.1 Å². The first kappa shape index (κ1) is 30.3. The molecule has 1 saturated heterocycles. The minimum Gasteiger partial charge on any atom is -0.477 e. The monoisotopic (exact) mass is 572 g/mol. The van der Waals surface area contributed by atoms with Crippen molar-refractivity contribution in [2.75, 3.05) is 6.54 Å². The fourth-order valence-corrected chi connectivity index (χ4v) is 4.17. The number of carbonyl (C=O) groups is 3. The van der Waals surface area contributed by atoms with Crippen molar-refractivity contribution in [2.45, 2.75) is 56.2 Å². The highest BCUT2D eigenvalue weighted by Gasteiger charge is 2.55. The molecule has 2 amide bonds. The van der Waals surface area contributed by atoms with Crippen molar-refractivity contribution in [1.82, 2.24) is 10.6 Å². The van der Waals surface area contributed by atoms with Crippen LogP contribution in [-0.4, -0.2) is 81.0 Å². The van der Waals surface area contributed by atoms with Gasteiger partial charge in [0.25, 0.3) is 11.7 Å². The number of hydrogen-bond acceptors (Lipinski definition) is 8. The van der Waals surface area contributed by atoms with Gasteiger partial charge in [0.2, 0.25) is 5.91 Å². The molecule has 1 aliphatic rings. The van der Waals surface area contributed by atoms with Gasteiger partial charge in [-0.2, -0.15) is 0 Å². The Morgan fingerprint density at radius 1 is 1.18 bits per heavy atom. The van der Waals surface area contributed by atoms with Crippen LogP contribution in [0, 0.1) is 11.6 Å². The number of aliphatic carboxylic acids is 1. The van der Waals surface area contributed by atoms with E-state index in [0.29, 0.717) is 5.02 Å². The van der Waals surface area contributed by atoms with Gasteiger partial charge in [-0.05, 0) is 30.3 Å². The number of carboxylic acid groups (broad SMARTS) is 1. The van der Waals surface area contributed by atoms with E-state index < -0.39 is 85.2 Å². The summed E-state index contributed by atoms with van der Waals surface area (Å²) in [6, 6.07) is 7.55. The van der Waals surface area contributed by atoms with E-state index in [1.54, 1.807) is 0 Å². The zero-order valence-electron chi connectivity index (χ0n) is 20.5. The molecule has 3 rings (SSSR count). The molecule has 14 heteroatoms. The first-order valence-electron chi connectivity index (χ1n) is 11.7. The van der Waals surface area contributed by atoms with Gasteiger partial charge < -0.3 is 40.5 Å². The summed E-state index contributed by atoms with van der Waals surface area (Å²) in [5.74, 6) is -8.24. The smallest absolute Gasteiger partial charge is 0.364 e. The Bertz CT molecular complexity index is 1200. The molecular weight excluding hydrogens is 546 g/mol. The molecule has 1 heterocycles. The largest absolute Gasteiger partial charge is 0.477 e. The van der Waals surface area contributed by atoms with Crippen LogP contribution in [0.1, 0.15) is 29.3 Å². The van der Waals surface area contributed by atoms with Gasteiger partial charge in [0.15, 0.2) is 11.6 Å². The van der Waals surface area contributed by atoms with Crippen molar-refractivity contribution >= 4 is 29.4 Å². The summed E-state index contributed by atoms with van der Waals surface area (Å²) < 4.78 is 38.6. The summed E-state index contributed by atoms with van der Waals surface area (Å²) in [6.45, 7) is -0.238. The van der Waals surface area contributed by atoms with Crippen molar-refractivity contribution in [3.8, 4) is 0 Å². The van der Waals surface area contributed by atoms with Crippen molar-refractivity contribution in [2.24, 2.45) is 0 Å². The Labute approximate surface area is 226 Å². The number of aliphatic hydroxyl groups excluding tert-OH is 3. The maximum Gasteiger partial charge on any atom is 0.364 e. The summed E-state index contributed by atoms with van der Waals surface area (Å²) >= 11 is 5.79. The Balaban J connectivity index is 1.80. The molecule has 1 aliphatic heterocycles. The summed E-state index contributed by atoms with van der Waals surface area (Å²) in [5.41, 5.74) is -0.149. The predicted octanol–water partition coefficient (Wildman–Crippen LogP) is 0.722. The van der Waals surface area contributed by atoms with Gasteiger partial charge in [-0.25, -0.2) is 13.6 Å². The lowest BCUT2D eigenvalue weighted by Gasteiger charge is -2.46. The maximum atomic E-state index is 14.1.